The van der Waals surface area contributed by atoms with Crippen molar-refractivity contribution in [3.05, 3.63) is 65.9 Å². The molecular formula is C20H16F3N5O. The summed E-state index contributed by atoms with van der Waals surface area (Å²) in [4.78, 5) is 23.5. The molecule has 6 nitrogen and oxygen atoms in total. The number of rotatable bonds is 4. The summed E-state index contributed by atoms with van der Waals surface area (Å²) in [6.07, 6.45) is 0.625. The van der Waals surface area contributed by atoms with Crippen molar-refractivity contribution in [2.75, 3.05) is 0 Å². The first-order chi connectivity index (χ1) is 13.8. The van der Waals surface area contributed by atoms with Crippen LogP contribution in [0, 0.1) is 0 Å². The smallest absolute Gasteiger partial charge is 0.364 e. The van der Waals surface area contributed by atoms with Crippen molar-refractivity contribution in [2.45, 2.75) is 19.5 Å². The average Bonchev–Trinajstić information content (AvgIpc) is 3.33. The lowest BCUT2D eigenvalue weighted by molar-refractivity contribution is -0.137. The van der Waals surface area contributed by atoms with Crippen LogP contribution in [0.25, 0.3) is 28.0 Å². The summed E-state index contributed by atoms with van der Waals surface area (Å²) in [6, 6.07) is 6.79. The predicted molar refractivity (Wildman–Crippen MR) is 102 cm³/mol. The number of carbonyl (C=O) groups excluding carboxylic acids is 1. The molecule has 0 aliphatic heterocycles. The standard InChI is InChI=1S/C20H16F3N5O/c1-2-11-3-4-13(20(21,22)23)8-15(11)28-9-12(7-16(28)18(24)29)17-14-5-6-25-19(14)27-10-26-17/h3-10H,2H2,1H3,(H2,24,29)(H,25,26,27). The number of amides is 1. The SMILES string of the molecule is CCc1ccc(C(F)(F)F)cc1-n1cc(-c2ncnc3[nH]ccc23)cc1C(N)=O. The first kappa shape index (κ1) is 18.7. The first-order valence-corrected chi connectivity index (χ1v) is 8.80. The number of nitrogens with zero attached hydrogens (tertiary/aromatic N) is 3. The highest BCUT2D eigenvalue weighted by molar-refractivity contribution is 5.96. The number of hydrogen-bond acceptors (Lipinski definition) is 3. The molecule has 9 heteroatoms. The minimum atomic E-state index is -4.51. The summed E-state index contributed by atoms with van der Waals surface area (Å²) in [5, 5.41) is 0.723. The molecule has 3 N–H and O–H groups in total. The zero-order valence-electron chi connectivity index (χ0n) is 15.3. The second kappa shape index (κ2) is 6.77. The van der Waals surface area contributed by atoms with Crippen LogP contribution in [0.1, 0.15) is 28.5 Å². The van der Waals surface area contributed by atoms with Crippen molar-refractivity contribution in [2.24, 2.45) is 5.73 Å². The fourth-order valence-electron chi connectivity index (χ4n) is 3.35. The van der Waals surface area contributed by atoms with Gasteiger partial charge < -0.3 is 15.3 Å². The molecule has 0 spiro atoms. The van der Waals surface area contributed by atoms with E-state index in [1.54, 1.807) is 18.5 Å². The van der Waals surface area contributed by atoms with Crippen molar-refractivity contribution in [1.82, 2.24) is 19.5 Å². The van der Waals surface area contributed by atoms with E-state index >= 15 is 0 Å². The van der Waals surface area contributed by atoms with Gasteiger partial charge in [-0.3, -0.25) is 4.79 Å². The number of carbonyl (C=O) groups is 1. The van der Waals surface area contributed by atoms with Crippen molar-refractivity contribution in [1.29, 1.82) is 0 Å². The number of nitrogens with one attached hydrogen (secondary N) is 1. The predicted octanol–water partition coefficient (Wildman–Crippen LogP) is 4.10. The van der Waals surface area contributed by atoms with E-state index in [-0.39, 0.29) is 11.4 Å². The Hall–Kier alpha value is -3.62. The highest BCUT2D eigenvalue weighted by atomic mass is 19.4. The fraction of sp³-hybridized carbons (Fsp3) is 0.150. The minimum Gasteiger partial charge on any atom is -0.364 e. The molecule has 3 heterocycles. The molecule has 0 aliphatic carbocycles. The monoisotopic (exact) mass is 399 g/mol. The van der Waals surface area contributed by atoms with Crippen molar-refractivity contribution < 1.29 is 18.0 Å². The average molecular weight is 399 g/mol. The number of halogens is 3. The van der Waals surface area contributed by atoms with Crippen LogP contribution in [-0.2, 0) is 12.6 Å². The van der Waals surface area contributed by atoms with E-state index in [9.17, 15) is 18.0 Å². The first-order valence-electron chi connectivity index (χ1n) is 8.80. The van der Waals surface area contributed by atoms with E-state index in [1.807, 2.05) is 6.92 Å². The number of benzene rings is 1. The Balaban J connectivity index is 1.96. The zero-order chi connectivity index (χ0) is 20.8. The Labute approximate surface area is 163 Å². The topological polar surface area (TPSA) is 89.6 Å². The molecule has 0 unspecified atom stereocenters. The van der Waals surface area contributed by atoms with E-state index in [4.69, 9.17) is 5.73 Å². The van der Waals surface area contributed by atoms with Gasteiger partial charge in [-0.15, -0.1) is 0 Å². The Morgan fingerprint density at radius 2 is 2.00 bits per heavy atom. The molecule has 4 aromatic rings. The highest BCUT2D eigenvalue weighted by Crippen LogP contribution is 2.34. The Morgan fingerprint density at radius 3 is 2.69 bits per heavy atom. The third-order valence-corrected chi connectivity index (χ3v) is 4.75. The van der Waals surface area contributed by atoms with E-state index in [0.717, 1.165) is 17.5 Å². The second-order valence-electron chi connectivity index (χ2n) is 6.51. The van der Waals surface area contributed by atoms with Crippen LogP contribution in [0.5, 0.6) is 0 Å². The van der Waals surface area contributed by atoms with Gasteiger partial charge in [0.05, 0.1) is 11.3 Å². The van der Waals surface area contributed by atoms with Gasteiger partial charge in [0.25, 0.3) is 5.91 Å². The van der Waals surface area contributed by atoms with Crippen LogP contribution in [0.2, 0.25) is 0 Å². The van der Waals surface area contributed by atoms with Gasteiger partial charge in [-0.1, -0.05) is 13.0 Å². The third-order valence-electron chi connectivity index (χ3n) is 4.75. The normalized spacial score (nSPS) is 11.9. The maximum Gasteiger partial charge on any atom is 0.416 e. The Bertz CT molecular complexity index is 1220. The molecule has 1 aromatic carbocycles. The molecule has 0 radical (unpaired) electrons. The van der Waals surface area contributed by atoms with Crippen molar-refractivity contribution >= 4 is 16.9 Å². The molecule has 0 aliphatic rings. The van der Waals surface area contributed by atoms with Crippen molar-refractivity contribution in [3.8, 4) is 16.9 Å². The maximum absolute atomic E-state index is 13.3. The summed E-state index contributed by atoms with van der Waals surface area (Å²) >= 11 is 0. The largest absolute Gasteiger partial charge is 0.416 e. The molecule has 0 atom stereocenters. The zero-order valence-corrected chi connectivity index (χ0v) is 15.3. The molecule has 0 bridgehead atoms. The molecule has 0 fully saturated rings. The number of hydrogen-bond donors (Lipinski definition) is 2. The number of H-pyrrole nitrogens is 1. The van der Waals surface area contributed by atoms with Crippen LogP contribution >= 0.6 is 0 Å². The molecule has 4 rings (SSSR count). The summed E-state index contributed by atoms with van der Waals surface area (Å²) in [7, 11) is 0. The number of aromatic amines is 1. The Morgan fingerprint density at radius 1 is 1.21 bits per heavy atom. The number of nitrogens with two attached hydrogens (primary N) is 1. The number of alkyl halides is 3. The van der Waals surface area contributed by atoms with Crippen LogP contribution in [0.3, 0.4) is 0 Å². The number of primary amides is 1. The van der Waals surface area contributed by atoms with Gasteiger partial charge in [-0.05, 0) is 36.2 Å². The number of fused-ring (bicyclic) bond motifs is 1. The molecule has 1 amide bonds. The second-order valence-corrected chi connectivity index (χ2v) is 6.51. The fourth-order valence-corrected chi connectivity index (χ4v) is 3.35. The molecule has 3 aromatic heterocycles. The number of aromatic nitrogens is 4. The summed E-state index contributed by atoms with van der Waals surface area (Å²) in [5.41, 5.74) is 7.40. The molecule has 148 valence electrons. The highest BCUT2D eigenvalue weighted by Gasteiger charge is 2.31. The van der Waals surface area contributed by atoms with Gasteiger partial charge in [0.2, 0.25) is 0 Å². The molecule has 0 saturated carbocycles. The Kier molecular flexibility index (Phi) is 4.37. The summed E-state index contributed by atoms with van der Waals surface area (Å²) < 4.78 is 41.2. The van der Waals surface area contributed by atoms with E-state index in [0.29, 0.717) is 28.9 Å². The van der Waals surface area contributed by atoms with Gasteiger partial charge in [0, 0.05) is 29.0 Å². The number of aryl methyl sites for hydroxylation is 1. The maximum atomic E-state index is 13.3. The van der Waals surface area contributed by atoms with Crippen LogP contribution < -0.4 is 5.73 Å². The third kappa shape index (κ3) is 3.24. The lowest BCUT2D eigenvalue weighted by Gasteiger charge is -2.15. The molecular weight excluding hydrogens is 383 g/mol. The lowest BCUT2D eigenvalue weighted by atomic mass is 10.1. The minimum absolute atomic E-state index is 0.0660. The van der Waals surface area contributed by atoms with E-state index in [2.05, 4.69) is 15.0 Å². The van der Waals surface area contributed by atoms with Crippen LogP contribution in [-0.4, -0.2) is 25.4 Å². The van der Waals surface area contributed by atoms with Gasteiger partial charge in [-0.2, -0.15) is 13.2 Å². The molecule has 29 heavy (non-hydrogen) atoms. The van der Waals surface area contributed by atoms with E-state index in [1.165, 1.54) is 23.0 Å². The quantitative estimate of drug-likeness (QED) is 0.542. The lowest BCUT2D eigenvalue weighted by Crippen LogP contribution is -2.17. The molecule has 0 saturated heterocycles. The van der Waals surface area contributed by atoms with Crippen LogP contribution in [0.15, 0.2) is 49.1 Å². The van der Waals surface area contributed by atoms with E-state index < -0.39 is 17.6 Å². The van der Waals surface area contributed by atoms with Gasteiger partial charge in [0.1, 0.15) is 17.7 Å². The summed E-state index contributed by atoms with van der Waals surface area (Å²) in [5.74, 6) is -0.755. The van der Waals surface area contributed by atoms with Gasteiger partial charge in [0.15, 0.2) is 0 Å². The van der Waals surface area contributed by atoms with Crippen molar-refractivity contribution in [3.63, 3.8) is 0 Å². The van der Waals surface area contributed by atoms with Gasteiger partial charge in [-0.25, -0.2) is 9.97 Å². The summed E-state index contributed by atoms with van der Waals surface area (Å²) in [6.45, 7) is 1.83. The van der Waals surface area contributed by atoms with Gasteiger partial charge >= 0.3 is 6.18 Å². The van der Waals surface area contributed by atoms with Crippen LogP contribution in [0.4, 0.5) is 13.2 Å².